The molecule has 3 aromatic rings. The van der Waals surface area contributed by atoms with Gasteiger partial charge in [-0.1, -0.05) is 83.3 Å². The van der Waals surface area contributed by atoms with Crippen LogP contribution in [0.4, 0.5) is 10.5 Å². The molecule has 3 aromatic carbocycles. The molecule has 7 nitrogen and oxygen atoms in total. The van der Waals surface area contributed by atoms with Gasteiger partial charge in [-0.2, -0.15) is 0 Å². The van der Waals surface area contributed by atoms with Crippen molar-refractivity contribution in [2.45, 2.75) is 29.2 Å². The molecule has 0 radical (unpaired) electrons. The number of nitrogens with two attached hydrogens (primary N) is 1. The van der Waals surface area contributed by atoms with Crippen molar-refractivity contribution in [3.8, 4) is 11.1 Å². The van der Waals surface area contributed by atoms with Crippen LogP contribution in [0.3, 0.4) is 0 Å². The number of hydrogen-bond donors (Lipinski definition) is 3. The Morgan fingerprint density at radius 2 is 1.51 bits per heavy atom. The summed E-state index contributed by atoms with van der Waals surface area (Å²) in [5.41, 5.74) is 11.5. The minimum atomic E-state index is -0.970. The number of benzene rings is 3. The van der Waals surface area contributed by atoms with Gasteiger partial charge >= 0.3 is 6.09 Å². The number of rotatable bonds is 9. The van der Waals surface area contributed by atoms with Crippen LogP contribution in [0.5, 0.6) is 0 Å². The van der Waals surface area contributed by atoms with Crippen LogP contribution >= 0.6 is 22.6 Å². The molecule has 180 valence electrons. The molecule has 1 aliphatic carbocycles. The van der Waals surface area contributed by atoms with Crippen LogP contribution in [-0.2, 0) is 18.8 Å². The van der Waals surface area contributed by atoms with E-state index in [0.29, 0.717) is 5.69 Å². The number of alkyl carbamates (subject to hydrolysis) is 1. The summed E-state index contributed by atoms with van der Waals surface area (Å²) in [6, 6.07) is 22.6. The number of anilines is 1. The van der Waals surface area contributed by atoms with Gasteiger partial charge in [0.05, 0.1) is 0 Å². The highest BCUT2D eigenvalue weighted by Gasteiger charge is 2.30. The first-order valence-electron chi connectivity index (χ1n) is 11.3. The van der Waals surface area contributed by atoms with E-state index in [0.717, 1.165) is 32.2 Å². The van der Waals surface area contributed by atoms with Gasteiger partial charge in [0.15, 0.2) is 0 Å². The number of nitrogens with one attached hydrogen (secondary N) is 2. The SMILES string of the molecule is NC(=O)CC[C@H](NC(=O)OCC1c2ccccc2-c2ccccc21)C(=O)Nc1ccc(CI)cc1. The zero-order valence-electron chi connectivity index (χ0n) is 19.0. The lowest BCUT2D eigenvalue weighted by atomic mass is 9.98. The quantitative estimate of drug-likeness (QED) is 0.250. The molecular weight excluding hydrogens is 557 g/mol. The van der Waals surface area contributed by atoms with Crippen molar-refractivity contribution in [1.29, 1.82) is 0 Å². The van der Waals surface area contributed by atoms with Gasteiger partial charge in [-0.15, -0.1) is 0 Å². The zero-order chi connectivity index (χ0) is 24.8. The molecule has 0 aliphatic heterocycles. The van der Waals surface area contributed by atoms with Crippen LogP contribution in [0, 0.1) is 0 Å². The Kier molecular flexibility index (Phi) is 8.02. The number of carbonyl (C=O) groups excluding carboxylic acids is 3. The molecule has 1 aliphatic rings. The summed E-state index contributed by atoms with van der Waals surface area (Å²) < 4.78 is 6.42. The van der Waals surface area contributed by atoms with E-state index in [9.17, 15) is 14.4 Å². The highest BCUT2D eigenvalue weighted by Crippen LogP contribution is 2.44. The Hall–Kier alpha value is -3.40. The minimum absolute atomic E-state index is 0.0461. The highest BCUT2D eigenvalue weighted by molar-refractivity contribution is 14.1. The average Bonchev–Trinajstić information content (AvgIpc) is 3.19. The number of hydrogen-bond acceptors (Lipinski definition) is 4. The normalized spacial score (nSPS) is 12.8. The number of amides is 3. The Morgan fingerprint density at radius 3 is 2.09 bits per heavy atom. The van der Waals surface area contributed by atoms with E-state index in [1.165, 1.54) is 0 Å². The van der Waals surface area contributed by atoms with E-state index in [4.69, 9.17) is 10.5 Å². The maximum atomic E-state index is 12.9. The van der Waals surface area contributed by atoms with Crippen molar-refractivity contribution in [3.63, 3.8) is 0 Å². The van der Waals surface area contributed by atoms with E-state index < -0.39 is 23.9 Å². The van der Waals surface area contributed by atoms with Gasteiger partial charge in [0.1, 0.15) is 12.6 Å². The molecule has 1 atom stereocenters. The number of fused-ring (bicyclic) bond motifs is 3. The molecule has 0 fully saturated rings. The third-order valence-electron chi connectivity index (χ3n) is 6.01. The van der Waals surface area contributed by atoms with Crippen molar-refractivity contribution in [3.05, 3.63) is 89.5 Å². The Labute approximate surface area is 217 Å². The van der Waals surface area contributed by atoms with Crippen LogP contribution in [-0.4, -0.2) is 30.6 Å². The summed E-state index contributed by atoms with van der Waals surface area (Å²) in [7, 11) is 0. The van der Waals surface area contributed by atoms with Gasteiger partial charge < -0.3 is 21.1 Å². The van der Waals surface area contributed by atoms with Crippen molar-refractivity contribution in [1.82, 2.24) is 5.32 Å². The van der Waals surface area contributed by atoms with Crippen molar-refractivity contribution < 1.29 is 19.1 Å². The van der Waals surface area contributed by atoms with Crippen molar-refractivity contribution >= 4 is 46.2 Å². The summed E-state index contributed by atoms with van der Waals surface area (Å²) in [5.74, 6) is -1.09. The zero-order valence-corrected chi connectivity index (χ0v) is 21.2. The molecule has 0 heterocycles. The number of primary amides is 1. The summed E-state index contributed by atoms with van der Waals surface area (Å²) in [4.78, 5) is 36.9. The number of halogens is 1. The molecule has 3 amide bonds. The predicted molar refractivity (Wildman–Crippen MR) is 143 cm³/mol. The molecular formula is C27H26IN3O4. The lowest BCUT2D eigenvalue weighted by Crippen LogP contribution is -2.44. The fourth-order valence-electron chi connectivity index (χ4n) is 4.24. The summed E-state index contributed by atoms with van der Waals surface area (Å²) in [5, 5.41) is 5.39. The van der Waals surface area contributed by atoms with Gasteiger partial charge in [-0.05, 0) is 46.4 Å². The monoisotopic (exact) mass is 583 g/mol. The van der Waals surface area contributed by atoms with E-state index in [1.807, 2.05) is 48.5 Å². The summed E-state index contributed by atoms with van der Waals surface area (Å²) in [6.45, 7) is 0.127. The van der Waals surface area contributed by atoms with Gasteiger partial charge in [0.2, 0.25) is 11.8 Å². The molecule has 0 bridgehead atoms. The number of alkyl halides is 1. The molecule has 0 saturated heterocycles. The first kappa shape index (κ1) is 24.7. The van der Waals surface area contributed by atoms with Gasteiger partial charge in [0, 0.05) is 22.5 Å². The Bertz CT molecular complexity index is 1180. The van der Waals surface area contributed by atoms with E-state index in [1.54, 1.807) is 12.1 Å². The molecule has 0 aromatic heterocycles. The second-order valence-electron chi connectivity index (χ2n) is 8.35. The molecule has 0 saturated carbocycles. The largest absolute Gasteiger partial charge is 0.449 e. The molecule has 8 heteroatoms. The fourth-order valence-corrected chi connectivity index (χ4v) is 4.75. The Balaban J connectivity index is 1.41. The molecule has 4 rings (SSSR count). The fraction of sp³-hybridized carbons (Fsp3) is 0.222. The maximum absolute atomic E-state index is 12.9. The third kappa shape index (κ3) is 6.00. The first-order valence-corrected chi connectivity index (χ1v) is 12.8. The molecule has 0 unspecified atom stereocenters. The van der Waals surface area contributed by atoms with Crippen molar-refractivity contribution in [2.75, 3.05) is 11.9 Å². The minimum Gasteiger partial charge on any atom is -0.449 e. The standard InChI is InChI=1S/C27H26IN3O4/c28-15-17-9-11-18(12-10-17)30-26(33)24(13-14-25(29)32)31-27(34)35-16-23-21-7-3-1-5-19(21)20-6-2-4-8-22(20)23/h1-12,23-24H,13-16H2,(H2,29,32)(H,30,33)(H,31,34)/t24-/m0/s1. The van der Waals surface area contributed by atoms with Gasteiger partial charge in [-0.3, -0.25) is 9.59 Å². The average molecular weight is 583 g/mol. The van der Waals surface area contributed by atoms with Crippen LogP contribution in [0.15, 0.2) is 72.8 Å². The predicted octanol–water partition coefficient (Wildman–Crippen LogP) is 4.73. The molecule has 35 heavy (non-hydrogen) atoms. The van der Waals surface area contributed by atoms with Crippen LogP contribution < -0.4 is 16.4 Å². The smallest absolute Gasteiger partial charge is 0.407 e. The van der Waals surface area contributed by atoms with Crippen molar-refractivity contribution in [2.24, 2.45) is 5.73 Å². The lowest BCUT2D eigenvalue weighted by molar-refractivity contribution is -0.119. The summed E-state index contributed by atoms with van der Waals surface area (Å²) >= 11 is 2.26. The van der Waals surface area contributed by atoms with Gasteiger partial charge in [-0.25, -0.2) is 4.79 Å². The van der Waals surface area contributed by atoms with E-state index >= 15 is 0 Å². The van der Waals surface area contributed by atoms with E-state index in [-0.39, 0.29) is 25.4 Å². The molecule has 4 N–H and O–H groups in total. The highest BCUT2D eigenvalue weighted by atomic mass is 127. The van der Waals surface area contributed by atoms with Crippen LogP contribution in [0.2, 0.25) is 0 Å². The van der Waals surface area contributed by atoms with Gasteiger partial charge in [0.25, 0.3) is 0 Å². The van der Waals surface area contributed by atoms with Crippen LogP contribution in [0.1, 0.15) is 35.4 Å². The topological polar surface area (TPSA) is 111 Å². The first-order chi connectivity index (χ1) is 17.0. The third-order valence-corrected chi connectivity index (χ3v) is 6.89. The summed E-state index contributed by atoms with van der Waals surface area (Å²) in [6.07, 6.45) is -0.705. The van der Waals surface area contributed by atoms with Crippen LogP contribution in [0.25, 0.3) is 11.1 Å². The second kappa shape index (κ2) is 11.4. The Morgan fingerprint density at radius 1 is 0.914 bits per heavy atom. The molecule has 0 spiro atoms. The van der Waals surface area contributed by atoms with E-state index in [2.05, 4.69) is 45.4 Å². The maximum Gasteiger partial charge on any atom is 0.407 e. The lowest BCUT2D eigenvalue weighted by Gasteiger charge is -2.19. The second-order valence-corrected chi connectivity index (χ2v) is 9.11. The number of ether oxygens (including phenoxy) is 1. The number of carbonyl (C=O) groups is 3.